The topological polar surface area (TPSA) is 151 Å². The smallest absolute Gasteiger partial charge is 0.311 e. The predicted octanol–water partition coefficient (Wildman–Crippen LogP) is 7.02. The Bertz CT molecular complexity index is 2250. The lowest BCUT2D eigenvalue weighted by Gasteiger charge is -2.14. The molecule has 2 N–H and O–H groups in total. The number of ether oxygens (including phenoxy) is 3. The number of nitro benzene ring substituents is 1. The summed E-state index contributed by atoms with van der Waals surface area (Å²) in [6, 6.07) is 16.3. The van der Waals surface area contributed by atoms with Crippen LogP contribution in [0.2, 0.25) is 0 Å². The van der Waals surface area contributed by atoms with Crippen LogP contribution >= 0.6 is 0 Å². The van der Waals surface area contributed by atoms with Crippen molar-refractivity contribution in [3.63, 3.8) is 0 Å². The SMILES string of the molecule is CCOc1ccn(-c2ccc(F)cc2)c(=O)c1C(=O)Nc1ccc(Oc2ccnc3[nH]cc(-c4ccc(OC)c([N+](=O)[O-])c4)c23)c(F)c1. The molecule has 0 spiro atoms. The molecule has 242 valence electrons. The molecule has 6 rings (SSSR count). The summed E-state index contributed by atoms with van der Waals surface area (Å²) < 4.78 is 46.7. The van der Waals surface area contributed by atoms with Gasteiger partial charge >= 0.3 is 5.69 Å². The molecule has 0 radical (unpaired) electrons. The molecule has 0 unspecified atom stereocenters. The number of methoxy groups -OCH3 is 1. The van der Waals surface area contributed by atoms with E-state index >= 15 is 4.39 Å². The fourth-order valence-electron chi connectivity index (χ4n) is 5.12. The van der Waals surface area contributed by atoms with Crippen LogP contribution in [0.1, 0.15) is 17.3 Å². The van der Waals surface area contributed by atoms with E-state index in [0.29, 0.717) is 27.8 Å². The fraction of sp³-hybridized carbons (Fsp3) is 0.0882. The lowest BCUT2D eigenvalue weighted by Crippen LogP contribution is -2.29. The molecule has 48 heavy (non-hydrogen) atoms. The van der Waals surface area contributed by atoms with E-state index in [-0.39, 0.29) is 46.5 Å². The standard InChI is InChI=1S/C34H25F2N5O7/c1-3-47-28-13-15-40(22-8-5-20(35)6-9-22)34(43)31(28)33(42)39-21-7-11-26(24(36)17-21)48-29-12-14-37-32-30(29)23(18-38-32)19-4-10-27(46-2)25(16-19)41(44)45/h4-18H,3H2,1-2H3,(H,37,38)(H,39,42). The van der Waals surface area contributed by atoms with E-state index in [1.165, 1.54) is 84.7 Å². The number of carbonyl (C=O) groups excluding carboxylic acids is 1. The number of aromatic nitrogens is 3. The molecule has 3 aromatic heterocycles. The number of halogens is 2. The maximum absolute atomic E-state index is 15.5. The third kappa shape index (κ3) is 6.01. The first-order valence-corrected chi connectivity index (χ1v) is 14.4. The summed E-state index contributed by atoms with van der Waals surface area (Å²) in [5, 5.41) is 14.6. The first kappa shape index (κ1) is 31.4. The van der Waals surface area contributed by atoms with Crippen LogP contribution in [0.4, 0.5) is 20.2 Å². The van der Waals surface area contributed by atoms with Crippen molar-refractivity contribution in [2.45, 2.75) is 6.92 Å². The summed E-state index contributed by atoms with van der Waals surface area (Å²) in [5.74, 6) is -2.06. The summed E-state index contributed by atoms with van der Waals surface area (Å²) in [6.07, 6.45) is 4.47. The first-order chi connectivity index (χ1) is 23.2. The summed E-state index contributed by atoms with van der Waals surface area (Å²) in [5.41, 5.74) is 0.434. The summed E-state index contributed by atoms with van der Waals surface area (Å²) in [6.45, 7) is 1.86. The third-order valence-electron chi connectivity index (χ3n) is 7.32. The second kappa shape index (κ2) is 13.0. The molecule has 0 aliphatic carbocycles. The van der Waals surface area contributed by atoms with E-state index in [9.17, 15) is 24.1 Å². The van der Waals surface area contributed by atoms with Gasteiger partial charge in [0.2, 0.25) is 0 Å². The number of fused-ring (bicyclic) bond motifs is 1. The molecular weight excluding hydrogens is 628 g/mol. The van der Waals surface area contributed by atoms with Gasteiger partial charge in [0.15, 0.2) is 17.3 Å². The molecule has 0 bridgehead atoms. The highest BCUT2D eigenvalue weighted by atomic mass is 19.1. The van der Waals surface area contributed by atoms with E-state index in [1.807, 2.05) is 0 Å². The largest absolute Gasteiger partial charge is 0.493 e. The zero-order chi connectivity index (χ0) is 33.9. The van der Waals surface area contributed by atoms with Gasteiger partial charge in [-0.25, -0.2) is 13.8 Å². The quantitative estimate of drug-likeness (QED) is 0.118. The molecule has 1 amide bonds. The predicted molar refractivity (Wildman–Crippen MR) is 172 cm³/mol. The van der Waals surface area contributed by atoms with Crippen molar-refractivity contribution in [2.24, 2.45) is 0 Å². The number of hydrogen-bond acceptors (Lipinski definition) is 8. The van der Waals surface area contributed by atoms with Gasteiger partial charge in [0, 0.05) is 47.7 Å². The maximum Gasteiger partial charge on any atom is 0.311 e. The number of nitrogens with zero attached hydrogens (tertiary/aromatic N) is 3. The minimum atomic E-state index is -0.852. The molecule has 3 aromatic carbocycles. The number of nitro groups is 1. The van der Waals surface area contributed by atoms with E-state index in [2.05, 4.69) is 15.3 Å². The Morgan fingerprint density at radius 2 is 1.77 bits per heavy atom. The minimum absolute atomic E-state index is 0.0185. The number of carbonyl (C=O) groups is 1. The number of amides is 1. The van der Waals surface area contributed by atoms with Gasteiger partial charge in [-0.05, 0) is 67.1 Å². The molecule has 0 aliphatic rings. The van der Waals surface area contributed by atoms with Gasteiger partial charge < -0.3 is 24.5 Å². The number of H-pyrrole nitrogens is 1. The highest BCUT2D eigenvalue weighted by Crippen LogP contribution is 2.40. The van der Waals surface area contributed by atoms with Gasteiger partial charge in [0.25, 0.3) is 11.5 Å². The summed E-state index contributed by atoms with van der Waals surface area (Å²) in [4.78, 5) is 45.1. The Kier molecular flexibility index (Phi) is 8.53. The van der Waals surface area contributed by atoms with E-state index in [4.69, 9.17) is 14.2 Å². The Morgan fingerprint density at radius 1 is 1.00 bits per heavy atom. The maximum atomic E-state index is 15.5. The summed E-state index contributed by atoms with van der Waals surface area (Å²) >= 11 is 0. The third-order valence-corrected chi connectivity index (χ3v) is 7.32. The lowest BCUT2D eigenvalue weighted by molar-refractivity contribution is -0.385. The molecule has 0 saturated carbocycles. The van der Waals surface area contributed by atoms with Crippen LogP contribution in [0.3, 0.4) is 0 Å². The van der Waals surface area contributed by atoms with Crippen molar-refractivity contribution in [2.75, 3.05) is 19.0 Å². The molecule has 0 saturated heterocycles. The van der Waals surface area contributed by atoms with Crippen LogP contribution in [0.15, 0.2) is 96.2 Å². The van der Waals surface area contributed by atoms with Gasteiger partial charge in [0.05, 0.1) is 24.0 Å². The molecule has 0 fully saturated rings. The number of benzene rings is 3. The van der Waals surface area contributed by atoms with Crippen LogP contribution in [0, 0.1) is 21.7 Å². The van der Waals surface area contributed by atoms with Crippen LogP contribution in [-0.4, -0.2) is 39.1 Å². The second-order valence-corrected chi connectivity index (χ2v) is 10.2. The molecule has 0 aliphatic heterocycles. The average Bonchev–Trinajstić information content (AvgIpc) is 3.52. The highest BCUT2D eigenvalue weighted by Gasteiger charge is 2.22. The number of rotatable bonds is 10. The fourth-order valence-corrected chi connectivity index (χ4v) is 5.12. The van der Waals surface area contributed by atoms with Crippen LogP contribution in [-0.2, 0) is 0 Å². The molecule has 14 heteroatoms. The number of anilines is 1. The van der Waals surface area contributed by atoms with Gasteiger partial charge in [-0.15, -0.1) is 0 Å². The summed E-state index contributed by atoms with van der Waals surface area (Å²) in [7, 11) is 1.33. The van der Waals surface area contributed by atoms with Crippen molar-refractivity contribution in [1.29, 1.82) is 0 Å². The molecular formula is C34H25F2N5O7. The Morgan fingerprint density at radius 3 is 2.48 bits per heavy atom. The van der Waals surface area contributed by atoms with Gasteiger partial charge in [0.1, 0.15) is 28.5 Å². The normalized spacial score (nSPS) is 10.9. The van der Waals surface area contributed by atoms with Crippen molar-refractivity contribution < 1.29 is 32.7 Å². The highest BCUT2D eigenvalue weighted by molar-refractivity contribution is 6.06. The van der Waals surface area contributed by atoms with Gasteiger partial charge in [-0.1, -0.05) is 6.07 Å². The second-order valence-electron chi connectivity index (χ2n) is 10.2. The minimum Gasteiger partial charge on any atom is -0.493 e. The molecule has 6 aromatic rings. The van der Waals surface area contributed by atoms with Crippen LogP contribution < -0.4 is 25.1 Å². The van der Waals surface area contributed by atoms with Crippen molar-refractivity contribution in [1.82, 2.24) is 14.5 Å². The zero-order valence-corrected chi connectivity index (χ0v) is 25.3. The van der Waals surface area contributed by atoms with E-state index < -0.39 is 28.0 Å². The van der Waals surface area contributed by atoms with Gasteiger partial charge in [-0.2, -0.15) is 0 Å². The van der Waals surface area contributed by atoms with Crippen LogP contribution in [0.25, 0.3) is 27.8 Å². The Hall–Kier alpha value is -6.57. The number of aromatic amines is 1. The number of pyridine rings is 2. The van der Waals surface area contributed by atoms with E-state index in [1.54, 1.807) is 19.2 Å². The number of hydrogen-bond donors (Lipinski definition) is 2. The van der Waals surface area contributed by atoms with E-state index in [0.717, 1.165) is 6.07 Å². The zero-order valence-electron chi connectivity index (χ0n) is 25.3. The van der Waals surface area contributed by atoms with Crippen LogP contribution in [0.5, 0.6) is 23.0 Å². The monoisotopic (exact) mass is 653 g/mol. The van der Waals surface area contributed by atoms with Gasteiger partial charge in [-0.3, -0.25) is 24.3 Å². The number of nitrogens with one attached hydrogen (secondary N) is 2. The van der Waals surface area contributed by atoms with Crippen molar-refractivity contribution >= 4 is 28.3 Å². The molecule has 3 heterocycles. The molecule has 0 atom stereocenters. The van der Waals surface area contributed by atoms with Crippen molar-refractivity contribution in [3.05, 3.63) is 129 Å². The lowest BCUT2D eigenvalue weighted by atomic mass is 10.0. The Labute approximate surface area is 270 Å². The van der Waals surface area contributed by atoms with Crippen molar-refractivity contribution in [3.8, 4) is 39.8 Å². The first-order valence-electron chi connectivity index (χ1n) is 14.4. The average molecular weight is 654 g/mol. The Balaban J connectivity index is 1.29. The molecule has 12 nitrogen and oxygen atoms in total.